The van der Waals surface area contributed by atoms with E-state index in [1.165, 1.54) is 18.3 Å². The van der Waals surface area contributed by atoms with Crippen molar-refractivity contribution in [1.82, 2.24) is 14.5 Å². The molecule has 2 N–H and O–H groups in total. The lowest BCUT2D eigenvalue weighted by atomic mass is 10.2. The van der Waals surface area contributed by atoms with E-state index in [1.807, 2.05) is 0 Å². The molecule has 11 heteroatoms. The highest BCUT2D eigenvalue weighted by atomic mass is 19.4. The minimum atomic E-state index is -4.50. The van der Waals surface area contributed by atoms with Gasteiger partial charge in [-0.05, 0) is 18.9 Å². The van der Waals surface area contributed by atoms with E-state index in [2.05, 4.69) is 9.97 Å². The van der Waals surface area contributed by atoms with Crippen molar-refractivity contribution < 1.29 is 26.7 Å². The highest BCUT2D eigenvalue weighted by molar-refractivity contribution is 5.88. The molecule has 28 heavy (non-hydrogen) atoms. The van der Waals surface area contributed by atoms with Crippen LogP contribution < -0.4 is 10.2 Å². The van der Waals surface area contributed by atoms with Gasteiger partial charge in [0, 0.05) is 36.9 Å². The van der Waals surface area contributed by atoms with Crippen molar-refractivity contribution in [1.29, 1.82) is 10.8 Å². The van der Waals surface area contributed by atoms with Gasteiger partial charge in [0.1, 0.15) is 5.49 Å². The normalized spacial score (nSPS) is 15.9. The van der Waals surface area contributed by atoms with Crippen LogP contribution in [0.1, 0.15) is 19.8 Å². The van der Waals surface area contributed by atoms with Gasteiger partial charge in [-0.15, -0.1) is 0 Å². The molecule has 0 saturated heterocycles. The monoisotopic (exact) mass is 401 g/mol. The Labute approximate surface area is 156 Å². The summed E-state index contributed by atoms with van der Waals surface area (Å²) >= 11 is 0. The smallest absolute Gasteiger partial charge is 0.425 e. The number of hydrogen-bond donors (Lipinski definition) is 2. The molecule has 2 heterocycles. The molecule has 0 aliphatic heterocycles. The fraction of sp³-hybridized carbons (Fsp3) is 0.412. The van der Waals surface area contributed by atoms with Crippen LogP contribution in [0.25, 0.3) is 11.3 Å². The summed E-state index contributed by atoms with van der Waals surface area (Å²) in [7, 11) is 0. The van der Waals surface area contributed by atoms with E-state index in [4.69, 9.17) is 15.6 Å². The van der Waals surface area contributed by atoms with Gasteiger partial charge in [-0.25, -0.2) is 4.98 Å². The van der Waals surface area contributed by atoms with Gasteiger partial charge in [0.15, 0.2) is 11.9 Å². The standard InChI is InChI=1S/C17H16F5N5O/c1-16(18,19)15(24)27-8-11(25-7-12(27)23)10-4-5-13(26-6-10)28-14(9-2-3-9)17(20,21)22/h4-9,14,23-24H,2-3H2,1H3. The topological polar surface area (TPSA) is 87.6 Å². The zero-order valence-corrected chi connectivity index (χ0v) is 14.6. The number of aromatic nitrogens is 3. The third kappa shape index (κ3) is 4.34. The number of halogens is 5. The van der Waals surface area contributed by atoms with E-state index < -0.39 is 35.4 Å². The Balaban J connectivity index is 1.84. The molecule has 2 aromatic rings. The maximum atomic E-state index is 13.4. The first-order chi connectivity index (χ1) is 13.0. The van der Waals surface area contributed by atoms with E-state index in [9.17, 15) is 22.0 Å². The summed E-state index contributed by atoms with van der Waals surface area (Å²) in [6, 6.07) is 2.61. The average Bonchev–Trinajstić information content (AvgIpc) is 3.43. The molecule has 1 unspecified atom stereocenters. The maximum absolute atomic E-state index is 13.4. The van der Waals surface area contributed by atoms with E-state index in [0.29, 0.717) is 29.9 Å². The van der Waals surface area contributed by atoms with Gasteiger partial charge in [-0.1, -0.05) is 0 Å². The van der Waals surface area contributed by atoms with Gasteiger partial charge >= 0.3 is 12.1 Å². The summed E-state index contributed by atoms with van der Waals surface area (Å²) in [5.74, 6) is -5.36. The van der Waals surface area contributed by atoms with Crippen LogP contribution in [-0.4, -0.2) is 38.6 Å². The number of alkyl halides is 5. The first kappa shape index (κ1) is 19.9. The predicted molar refractivity (Wildman–Crippen MR) is 88.3 cm³/mol. The Hall–Kier alpha value is -2.85. The van der Waals surface area contributed by atoms with Crippen LogP contribution >= 0.6 is 0 Å². The van der Waals surface area contributed by atoms with Crippen LogP contribution in [0.5, 0.6) is 5.88 Å². The summed E-state index contributed by atoms with van der Waals surface area (Å²) in [4.78, 5) is 7.78. The summed E-state index contributed by atoms with van der Waals surface area (Å²) in [6.07, 6.45) is -2.26. The molecule has 0 amide bonds. The number of hydrogen-bond acceptors (Lipinski definition) is 5. The van der Waals surface area contributed by atoms with Gasteiger partial charge in [0.25, 0.3) is 0 Å². The van der Waals surface area contributed by atoms with Crippen molar-refractivity contribution in [3.63, 3.8) is 0 Å². The SMILES string of the molecule is CC(F)(F)C(=N)n1cc(-c2ccc(OC(C3CC3)C(F)(F)F)nc2)ncc1=N. The minimum Gasteiger partial charge on any atom is -0.464 e. The number of nitrogens with one attached hydrogen (secondary N) is 2. The van der Waals surface area contributed by atoms with Gasteiger partial charge in [0.2, 0.25) is 5.88 Å². The van der Waals surface area contributed by atoms with Crippen molar-refractivity contribution in [2.24, 2.45) is 5.92 Å². The van der Waals surface area contributed by atoms with Gasteiger partial charge in [-0.2, -0.15) is 22.0 Å². The molecule has 1 fully saturated rings. The van der Waals surface area contributed by atoms with Gasteiger partial charge in [0.05, 0.1) is 11.9 Å². The summed E-state index contributed by atoms with van der Waals surface area (Å²) in [5, 5.41) is 15.2. The third-order valence-electron chi connectivity index (χ3n) is 4.15. The minimum absolute atomic E-state index is 0.124. The van der Waals surface area contributed by atoms with Crippen molar-refractivity contribution in [2.45, 2.75) is 38.0 Å². The van der Waals surface area contributed by atoms with Crippen molar-refractivity contribution in [3.05, 3.63) is 36.2 Å². The number of ether oxygens (including phenoxy) is 1. The zero-order chi connectivity index (χ0) is 20.7. The van der Waals surface area contributed by atoms with E-state index in [0.717, 1.165) is 12.4 Å². The Morgan fingerprint density at radius 2 is 1.86 bits per heavy atom. The van der Waals surface area contributed by atoms with Crippen molar-refractivity contribution in [3.8, 4) is 17.1 Å². The summed E-state index contributed by atoms with van der Waals surface area (Å²) in [5.41, 5.74) is 0.0163. The highest BCUT2D eigenvalue weighted by Crippen LogP contribution is 2.42. The molecular weight excluding hydrogens is 385 g/mol. The lowest BCUT2D eigenvalue weighted by molar-refractivity contribution is -0.201. The van der Waals surface area contributed by atoms with Crippen LogP contribution in [0.3, 0.4) is 0 Å². The highest BCUT2D eigenvalue weighted by Gasteiger charge is 2.51. The molecule has 150 valence electrons. The molecule has 1 atom stereocenters. The number of rotatable bonds is 5. The molecule has 1 aliphatic rings. The Morgan fingerprint density at radius 3 is 2.36 bits per heavy atom. The van der Waals surface area contributed by atoms with Crippen LogP contribution in [-0.2, 0) is 0 Å². The predicted octanol–water partition coefficient (Wildman–Crippen LogP) is 3.62. The largest absolute Gasteiger partial charge is 0.464 e. The van der Waals surface area contributed by atoms with E-state index in [1.54, 1.807) is 0 Å². The molecule has 1 saturated carbocycles. The van der Waals surface area contributed by atoms with E-state index in [-0.39, 0.29) is 11.6 Å². The van der Waals surface area contributed by atoms with Crippen LogP contribution in [0.2, 0.25) is 0 Å². The van der Waals surface area contributed by atoms with Gasteiger partial charge < -0.3 is 4.74 Å². The van der Waals surface area contributed by atoms with Crippen LogP contribution in [0.15, 0.2) is 30.7 Å². The Bertz CT molecular complexity index is 929. The summed E-state index contributed by atoms with van der Waals surface area (Å²) in [6.45, 7) is 0.534. The zero-order valence-electron chi connectivity index (χ0n) is 14.6. The molecule has 1 aliphatic carbocycles. The number of pyridine rings is 1. The first-order valence-corrected chi connectivity index (χ1v) is 8.27. The second-order valence-electron chi connectivity index (χ2n) is 6.57. The van der Waals surface area contributed by atoms with Crippen LogP contribution in [0, 0.1) is 16.7 Å². The second kappa shape index (κ2) is 6.95. The molecule has 0 spiro atoms. The molecular formula is C17H16F5N5O. The lowest BCUT2D eigenvalue weighted by Gasteiger charge is -2.20. The molecule has 0 aromatic carbocycles. The summed E-state index contributed by atoms with van der Waals surface area (Å²) < 4.78 is 71.5. The van der Waals surface area contributed by atoms with Crippen molar-refractivity contribution in [2.75, 3.05) is 0 Å². The van der Waals surface area contributed by atoms with Crippen LogP contribution in [0.4, 0.5) is 22.0 Å². The quantitative estimate of drug-likeness (QED) is 0.456. The third-order valence-corrected chi connectivity index (χ3v) is 4.15. The molecule has 3 rings (SSSR count). The van der Waals surface area contributed by atoms with Gasteiger partial charge in [-0.3, -0.25) is 20.4 Å². The fourth-order valence-electron chi connectivity index (χ4n) is 2.52. The first-order valence-electron chi connectivity index (χ1n) is 8.27. The molecule has 0 radical (unpaired) electrons. The Morgan fingerprint density at radius 1 is 1.18 bits per heavy atom. The lowest BCUT2D eigenvalue weighted by Crippen LogP contribution is -2.37. The Kier molecular flexibility index (Phi) is 4.94. The van der Waals surface area contributed by atoms with E-state index >= 15 is 0 Å². The van der Waals surface area contributed by atoms with Crippen molar-refractivity contribution >= 4 is 5.84 Å². The maximum Gasteiger partial charge on any atom is 0.425 e. The average molecular weight is 401 g/mol. The molecule has 6 nitrogen and oxygen atoms in total. The number of nitrogens with zero attached hydrogens (tertiary/aromatic N) is 3. The fourth-order valence-corrected chi connectivity index (χ4v) is 2.52. The molecule has 0 bridgehead atoms. The second-order valence-corrected chi connectivity index (χ2v) is 6.57. The molecule has 2 aromatic heterocycles.